The molecule has 0 saturated carbocycles. The molecule has 1 aromatic heterocycles. The van der Waals surface area contributed by atoms with Crippen LogP contribution in [0, 0.1) is 5.41 Å². The van der Waals surface area contributed by atoms with Crippen molar-refractivity contribution in [1.29, 1.82) is 0 Å². The number of rotatable bonds is 4. The van der Waals surface area contributed by atoms with Crippen LogP contribution in [0.15, 0.2) is 12.1 Å². The van der Waals surface area contributed by atoms with Gasteiger partial charge in [-0.25, -0.2) is 0 Å². The second-order valence-corrected chi connectivity index (χ2v) is 5.50. The number of hydrogen-bond acceptors (Lipinski definition) is 3. The van der Waals surface area contributed by atoms with E-state index in [4.69, 9.17) is 17.3 Å². The number of halogens is 1. The smallest absolute Gasteiger partial charge is 0.0947 e. The Morgan fingerprint density at radius 2 is 2.29 bits per heavy atom. The monoisotopic (exact) mass is 233 g/mol. The number of thiophene rings is 1. The van der Waals surface area contributed by atoms with Gasteiger partial charge in [-0.15, -0.1) is 11.3 Å². The lowest BCUT2D eigenvalue weighted by Crippen LogP contribution is -2.32. The summed E-state index contributed by atoms with van der Waals surface area (Å²) in [5.41, 5.74) is 5.42. The van der Waals surface area contributed by atoms with Gasteiger partial charge < -0.3 is 10.8 Å². The van der Waals surface area contributed by atoms with E-state index in [-0.39, 0.29) is 5.41 Å². The van der Waals surface area contributed by atoms with Crippen LogP contribution < -0.4 is 5.73 Å². The van der Waals surface area contributed by atoms with E-state index in [1.54, 1.807) is 6.07 Å². The maximum absolute atomic E-state index is 10.1. The molecule has 0 bridgehead atoms. The Labute approximate surface area is 93.7 Å². The highest BCUT2D eigenvalue weighted by atomic mass is 35.5. The van der Waals surface area contributed by atoms with Crippen LogP contribution in [0.4, 0.5) is 0 Å². The van der Waals surface area contributed by atoms with Crippen LogP contribution in [0.2, 0.25) is 4.34 Å². The van der Waals surface area contributed by atoms with Crippen molar-refractivity contribution in [3.05, 3.63) is 21.3 Å². The first-order chi connectivity index (χ1) is 6.53. The summed E-state index contributed by atoms with van der Waals surface area (Å²) < 4.78 is 0.703. The Hall–Kier alpha value is -0.0900. The Morgan fingerprint density at radius 3 is 2.64 bits per heavy atom. The molecule has 14 heavy (non-hydrogen) atoms. The van der Waals surface area contributed by atoms with Crippen molar-refractivity contribution in [1.82, 2.24) is 0 Å². The van der Waals surface area contributed by atoms with Crippen molar-refractivity contribution < 1.29 is 5.11 Å². The van der Waals surface area contributed by atoms with Crippen molar-refractivity contribution in [2.75, 3.05) is 6.54 Å². The first-order valence-corrected chi connectivity index (χ1v) is 5.86. The minimum Gasteiger partial charge on any atom is -0.387 e. The molecule has 0 amide bonds. The molecule has 0 fully saturated rings. The fraction of sp³-hybridized carbons (Fsp3) is 0.600. The summed E-state index contributed by atoms with van der Waals surface area (Å²) in [6, 6.07) is 3.67. The van der Waals surface area contributed by atoms with E-state index < -0.39 is 6.10 Å². The van der Waals surface area contributed by atoms with Crippen molar-refractivity contribution in [2.45, 2.75) is 26.4 Å². The van der Waals surface area contributed by atoms with Gasteiger partial charge >= 0.3 is 0 Å². The van der Waals surface area contributed by atoms with Crippen molar-refractivity contribution in [3.8, 4) is 0 Å². The molecule has 1 aromatic rings. The van der Waals surface area contributed by atoms with Gasteiger partial charge in [-0.2, -0.15) is 0 Å². The largest absolute Gasteiger partial charge is 0.387 e. The highest BCUT2D eigenvalue weighted by Crippen LogP contribution is 2.39. The van der Waals surface area contributed by atoms with Crippen molar-refractivity contribution >= 4 is 22.9 Å². The molecule has 0 aliphatic rings. The van der Waals surface area contributed by atoms with Crippen molar-refractivity contribution in [3.63, 3.8) is 0 Å². The minimum atomic E-state index is -0.519. The Bertz CT molecular complexity index is 296. The molecular weight excluding hydrogens is 218 g/mol. The summed E-state index contributed by atoms with van der Waals surface area (Å²) in [6.07, 6.45) is 0.329. The lowest BCUT2D eigenvalue weighted by atomic mass is 9.81. The average Bonchev–Trinajstić information content (AvgIpc) is 2.62. The summed E-state index contributed by atoms with van der Waals surface area (Å²) in [4.78, 5) is 0.893. The van der Waals surface area contributed by atoms with E-state index in [9.17, 15) is 5.11 Å². The molecule has 80 valence electrons. The normalized spacial score (nSPS) is 17.8. The minimum absolute atomic E-state index is 0.256. The van der Waals surface area contributed by atoms with Gasteiger partial charge in [0.25, 0.3) is 0 Å². The Morgan fingerprint density at radius 1 is 1.64 bits per heavy atom. The van der Waals surface area contributed by atoms with E-state index in [0.717, 1.165) is 11.3 Å². The van der Waals surface area contributed by atoms with E-state index in [1.165, 1.54) is 11.3 Å². The van der Waals surface area contributed by atoms with Crippen LogP contribution in [-0.4, -0.2) is 11.7 Å². The number of nitrogens with two attached hydrogens (primary N) is 1. The molecule has 0 saturated heterocycles. The highest BCUT2D eigenvalue weighted by molar-refractivity contribution is 7.16. The van der Waals surface area contributed by atoms with Gasteiger partial charge in [0, 0.05) is 16.8 Å². The molecular formula is C10H16ClNOS. The predicted molar refractivity (Wildman–Crippen MR) is 61.7 cm³/mol. The molecule has 2 atom stereocenters. The molecule has 2 unspecified atom stereocenters. The van der Waals surface area contributed by atoms with Crippen LogP contribution in [-0.2, 0) is 0 Å². The van der Waals surface area contributed by atoms with Crippen LogP contribution in [0.1, 0.15) is 31.2 Å². The lowest BCUT2D eigenvalue weighted by Gasteiger charge is -2.31. The lowest BCUT2D eigenvalue weighted by molar-refractivity contribution is 0.0420. The summed E-state index contributed by atoms with van der Waals surface area (Å²) in [5.74, 6) is 0. The van der Waals surface area contributed by atoms with Gasteiger partial charge in [0.2, 0.25) is 0 Å². The third-order valence-electron chi connectivity index (χ3n) is 2.80. The van der Waals surface area contributed by atoms with E-state index in [1.807, 2.05) is 19.9 Å². The van der Waals surface area contributed by atoms with Crippen molar-refractivity contribution in [2.24, 2.45) is 11.1 Å². The van der Waals surface area contributed by atoms with Crippen LogP contribution in [0.5, 0.6) is 0 Å². The predicted octanol–water partition coefficient (Wildman–Crippen LogP) is 2.81. The molecule has 0 radical (unpaired) electrons. The van der Waals surface area contributed by atoms with Gasteiger partial charge in [0.15, 0.2) is 0 Å². The quantitative estimate of drug-likeness (QED) is 0.840. The molecule has 0 aromatic carbocycles. The summed E-state index contributed by atoms with van der Waals surface area (Å²) in [5, 5.41) is 10.1. The van der Waals surface area contributed by atoms with Gasteiger partial charge in [-0.3, -0.25) is 0 Å². The first-order valence-electron chi connectivity index (χ1n) is 4.67. The standard InChI is InChI=1S/C10H16ClNOS/c1-3-10(2,6-12)9(13)7-4-5-8(11)14-7/h4-5,9,13H,3,6,12H2,1-2H3. The molecule has 3 N–H and O–H groups in total. The highest BCUT2D eigenvalue weighted by Gasteiger charge is 2.31. The summed E-state index contributed by atoms with van der Waals surface area (Å²) >= 11 is 7.23. The average molecular weight is 234 g/mol. The molecule has 4 heteroatoms. The fourth-order valence-corrected chi connectivity index (χ4v) is 2.49. The zero-order valence-corrected chi connectivity index (χ0v) is 10.0. The topological polar surface area (TPSA) is 46.2 Å². The van der Waals surface area contributed by atoms with Crippen LogP contribution >= 0.6 is 22.9 Å². The zero-order chi connectivity index (χ0) is 10.8. The van der Waals surface area contributed by atoms with E-state index in [2.05, 4.69) is 0 Å². The number of aliphatic hydroxyl groups excluding tert-OH is 1. The number of aliphatic hydroxyl groups is 1. The Balaban J connectivity index is 2.88. The number of hydrogen-bond donors (Lipinski definition) is 2. The molecule has 1 rings (SSSR count). The maximum Gasteiger partial charge on any atom is 0.0947 e. The van der Waals surface area contributed by atoms with Crippen LogP contribution in [0.25, 0.3) is 0 Å². The van der Waals surface area contributed by atoms with Gasteiger partial charge in [0.05, 0.1) is 10.4 Å². The Kier molecular flexibility index (Phi) is 3.95. The van der Waals surface area contributed by atoms with Crippen LogP contribution in [0.3, 0.4) is 0 Å². The first kappa shape index (κ1) is 12.0. The maximum atomic E-state index is 10.1. The summed E-state index contributed by atoms with van der Waals surface area (Å²) in [6.45, 7) is 4.50. The van der Waals surface area contributed by atoms with Gasteiger partial charge in [-0.05, 0) is 18.6 Å². The third-order valence-corrected chi connectivity index (χ3v) is 4.08. The molecule has 1 heterocycles. The second-order valence-electron chi connectivity index (χ2n) is 3.76. The van der Waals surface area contributed by atoms with Gasteiger partial charge in [-0.1, -0.05) is 25.4 Å². The molecule has 0 aliphatic heterocycles. The van der Waals surface area contributed by atoms with E-state index in [0.29, 0.717) is 10.9 Å². The zero-order valence-electron chi connectivity index (χ0n) is 8.46. The van der Waals surface area contributed by atoms with Gasteiger partial charge in [0.1, 0.15) is 0 Å². The SMILES string of the molecule is CCC(C)(CN)C(O)c1ccc(Cl)s1. The third kappa shape index (κ3) is 2.28. The molecule has 2 nitrogen and oxygen atoms in total. The summed E-state index contributed by atoms with van der Waals surface area (Å²) in [7, 11) is 0. The molecule has 0 spiro atoms. The fourth-order valence-electron chi connectivity index (χ4n) is 1.27. The molecule has 0 aliphatic carbocycles. The van der Waals surface area contributed by atoms with E-state index >= 15 is 0 Å². The second kappa shape index (κ2) is 4.62.